The van der Waals surface area contributed by atoms with Gasteiger partial charge in [-0.15, -0.1) is 0 Å². The molecule has 2 heterocycles. The van der Waals surface area contributed by atoms with Gasteiger partial charge in [0.1, 0.15) is 5.75 Å². The monoisotopic (exact) mass is 288 g/mol. The maximum Gasteiger partial charge on any atom is 0.253 e. The van der Waals surface area contributed by atoms with E-state index in [1.54, 1.807) is 7.11 Å². The first-order chi connectivity index (χ1) is 10.2. The van der Waals surface area contributed by atoms with Crippen molar-refractivity contribution in [3.05, 3.63) is 29.5 Å². The van der Waals surface area contributed by atoms with Crippen molar-refractivity contribution in [2.24, 2.45) is 0 Å². The minimum absolute atomic E-state index is 0.0561. The van der Waals surface area contributed by atoms with Crippen LogP contribution >= 0.6 is 0 Å². The SMILES string of the molecule is COc1ccc2c(C(=O)NCC3CCCO3)c(C)[nH]c2c1. The summed E-state index contributed by atoms with van der Waals surface area (Å²) in [4.78, 5) is 15.7. The van der Waals surface area contributed by atoms with E-state index in [0.717, 1.165) is 41.8 Å². The molecule has 2 N–H and O–H groups in total. The Morgan fingerprint density at radius 3 is 3.10 bits per heavy atom. The number of methoxy groups -OCH3 is 1. The highest BCUT2D eigenvalue weighted by atomic mass is 16.5. The Labute approximate surface area is 123 Å². The van der Waals surface area contributed by atoms with Gasteiger partial charge in [-0.05, 0) is 31.9 Å². The number of amides is 1. The fourth-order valence-corrected chi connectivity index (χ4v) is 2.83. The first-order valence-electron chi connectivity index (χ1n) is 7.25. The Balaban J connectivity index is 1.81. The van der Waals surface area contributed by atoms with E-state index in [9.17, 15) is 4.79 Å². The number of fused-ring (bicyclic) bond motifs is 1. The van der Waals surface area contributed by atoms with Gasteiger partial charge in [-0.25, -0.2) is 0 Å². The van der Waals surface area contributed by atoms with Crippen molar-refractivity contribution in [1.82, 2.24) is 10.3 Å². The molecular weight excluding hydrogens is 268 g/mol. The lowest BCUT2D eigenvalue weighted by atomic mass is 10.1. The zero-order chi connectivity index (χ0) is 14.8. The van der Waals surface area contributed by atoms with Crippen LogP contribution in [0.4, 0.5) is 0 Å². The van der Waals surface area contributed by atoms with Gasteiger partial charge in [-0.2, -0.15) is 0 Å². The van der Waals surface area contributed by atoms with Crippen LogP contribution in [0.2, 0.25) is 0 Å². The fraction of sp³-hybridized carbons (Fsp3) is 0.438. The standard InChI is InChI=1S/C16H20N2O3/c1-10-15(16(19)17-9-12-4-3-7-21-12)13-6-5-11(20-2)8-14(13)18-10/h5-6,8,12,18H,3-4,7,9H2,1-2H3,(H,17,19). The van der Waals surface area contributed by atoms with E-state index in [4.69, 9.17) is 9.47 Å². The number of nitrogens with one attached hydrogen (secondary N) is 2. The molecule has 0 spiro atoms. The topological polar surface area (TPSA) is 63.4 Å². The summed E-state index contributed by atoms with van der Waals surface area (Å²) in [6, 6.07) is 5.68. The second kappa shape index (κ2) is 5.77. The van der Waals surface area contributed by atoms with Crippen molar-refractivity contribution in [3.8, 4) is 5.75 Å². The number of H-pyrrole nitrogens is 1. The van der Waals surface area contributed by atoms with Gasteiger partial charge in [0.25, 0.3) is 5.91 Å². The third-order valence-corrected chi connectivity index (χ3v) is 3.93. The van der Waals surface area contributed by atoms with Crippen molar-refractivity contribution in [1.29, 1.82) is 0 Å². The fourth-order valence-electron chi connectivity index (χ4n) is 2.83. The second-order valence-corrected chi connectivity index (χ2v) is 5.38. The summed E-state index contributed by atoms with van der Waals surface area (Å²) in [6.45, 7) is 3.28. The molecule has 21 heavy (non-hydrogen) atoms. The van der Waals surface area contributed by atoms with E-state index < -0.39 is 0 Å². The largest absolute Gasteiger partial charge is 0.497 e. The third kappa shape index (κ3) is 2.74. The van der Waals surface area contributed by atoms with Gasteiger partial charge in [0.05, 0.1) is 24.3 Å². The van der Waals surface area contributed by atoms with E-state index >= 15 is 0 Å². The normalized spacial score (nSPS) is 18.1. The maximum absolute atomic E-state index is 12.4. The average Bonchev–Trinajstić information content (AvgIpc) is 3.10. The smallest absolute Gasteiger partial charge is 0.253 e. The van der Waals surface area contributed by atoms with E-state index in [0.29, 0.717) is 12.1 Å². The summed E-state index contributed by atoms with van der Waals surface area (Å²) in [7, 11) is 1.63. The Morgan fingerprint density at radius 2 is 2.38 bits per heavy atom. The second-order valence-electron chi connectivity index (χ2n) is 5.38. The number of aromatic nitrogens is 1. The summed E-state index contributed by atoms with van der Waals surface area (Å²) < 4.78 is 10.7. The lowest BCUT2D eigenvalue weighted by molar-refractivity contribution is 0.0858. The van der Waals surface area contributed by atoms with E-state index in [1.807, 2.05) is 25.1 Å². The summed E-state index contributed by atoms with van der Waals surface area (Å²) in [5.41, 5.74) is 2.47. The molecule has 2 aromatic rings. The molecule has 1 unspecified atom stereocenters. The molecule has 1 aliphatic heterocycles. The van der Waals surface area contributed by atoms with Crippen molar-refractivity contribution < 1.29 is 14.3 Å². The number of carbonyl (C=O) groups excluding carboxylic acids is 1. The zero-order valence-electron chi connectivity index (χ0n) is 12.4. The third-order valence-electron chi connectivity index (χ3n) is 3.93. The molecule has 5 nitrogen and oxygen atoms in total. The van der Waals surface area contributed by atoms with Crippen LogP contribution in [0.5, 0.6) is 5.75 Å². The molecule has 0 bridgehead atoms. The molecule has 3 rings (SSSR count). The van der Waals surface area contributed by atoms with Crippen LogP contribution in [0.3, 0.4) is 0 Å². The quantitative estimate of drug-likeness (QED) is 0.908. The molecule has 0 saturated carbocycles. The molecule has 1 amide bonds. The number of rotatable bonds is 4. The molecule has 1 saturated heterocycles. The lowest BCUT2D eigenvalue weighted by Gasteiger charge is -2.11. The molecule has 1 aliphatic rings. The summed E-state index contributed by atoms with van der Waals surface area (Å²) in [5.74, 6) is 0.717. The van der Waals surface area contributed by atoms with Gasteiger partial charge in [0.2, 0.25) is 0 Å². The van der Waals surface area contributed by atoms with Gasteiger partial charge in [-0.3, -0.25) is 4.79 Å². The molecule has 112 valence electrons. The van der Waals surface area contributed by atoms with Crippen LogP contribution in [-0.4, -0.2) is 37.3 Å². The molecule has 1 aromatic carbocycles. The Hall–Kier alpha value is -2.01. The maximum atomic E-state index is 12.4. The van der Waals surface area contributed by atoms with Crippen LogP contribution in [0.15, 0.2) is 18.2 Å². The zero-order valence-corrected chi connectivity index (χ0v) is 12.4. The van der Waals surface area contributed by atoms with E-state index in [1.165, 1.54) is 0 Å². The lowest BCUT2D eigenvalue weighted by Crippen LogP contribution is -2.32. The molecule has 1 atom stereocenters. The number of aryl methyl sites for hydroxylation is 1. The minimum atomic E-state index is -0.0561. The Bertz CT molecular complexity index is 657. The predicted molar refractivity (Wildman–Crippen MR) is 80.9 cm³/mol. The molecule has 0 radical (unpaired) electrons. The van der Waals surface area contributed by atoms with E-state index in [-0.39, 0.29) is 12.0 Å². The van der Waals surface area contributed by atoms with Crippen molar-refractivity contribution in [2.45, 2.75) is 25.9 Å². The average molecular weight is 288 g/mol. The van der Waals surface area contributed by atoms with Gasteiger partial charge in [0.15, 0.2) is 0 Å². The number of ether oxygens (including phenoxy) is 2. The Kier molecular flexibility index (Phi) is 3.84. The van der Waals surface area contributed by atoms with E-state index in [2.05, 4.69) is 10.3 Å². The first kappa shape index (κ1) is 13.9. The van der Waals surface area contributed by atoms with Crippen LogP contribution in [-0.2, 0) is 4.74 Å². The van der Waals surface area contributed by atoms with Crippen LogP contribution in [0.1, 0.15) is 28.9 Å². The number of hydrogen-bond acceptors (Lipinski definition) is 3. The summed E-state index contributed by atoms with van der Waals surface area (Å²) in [6.07, 6.45) is 2.25. The molecular formula is C16H20N2O3. The Morgan fingerprint density at radius 1 is 1.52 bits per heavy atom. The number of carbonyl (C=O) groups is 1. The highest BCUT2D eigenvalue weighted by Crippen LogP contribution is 2.26. The molecule has 1 aromatic heterocycles. The van der Waals surface area contributed by atoms with Gasteiger partial charge >= 0.3 is 0 Å². The van der Waals surface area contributed by atoms with Crippen molar-refractivity contribution >= 4 is 16.8 Å². The van der Waals surface area contributed by atoms with Gasteiger partial charge in [0, 0.05) is 30.3 Å². The van der Waals surface area contributed by atoms with Gasteiger partial charge in [-0.1, -0.05) is 0 Å². The number of aromatic amines is 1. The molecule has 1 fully saturated rings. The highest BCUT2D eigenvalue weighted by Gasteiger charge is 2.20. The highest BCUT2D eigenvalue weighted by molar-refractivity contribution is 6.08. The predicted octanol–water partition coefficient (Wildman–Crippen LogP) is 2.39. The van der Waals surface area contributed by atoms with Crippen LogP contribution in [0.25, 0.3) is 10.9 Å². The van der Waals surface area contributed by atoms with Crippen molar-refractivity contribution in [2.75, 3.05) is 20.3 Å². The first-order valence-corrected chi connectivity index (χ1v) is 7.25. The van der Waals surface area contributed by atoms with Crippen molar-refractivity contribution in [3.63, 3.8) is 0 Å². The molecule has 0 aliphatic carbocycles. The molecule has 5 heteroatoms. The minimum Gasteiger partial charge on any atom is -0.497 e. The number of hydrogen-bond donors (Lipinski definition) is 2. The number of benzene rings is 1. The summed E-state index contributed by atoms with van der Waals surface area (Å²) >= 11 is 0. The van der Waals surface area contributed by atoms with Gasteiger partial charge < -0.3 is 19.8 Å². The van der Waals surface area contributed by atoms with Crippen LogP contribution in [0, 0.1) is 6.92 Å². The summed E-state index contributed by atoms with van der Waals surface area (Å²) in [5, 5.41) is 3.89. The van der Waals surface area contributed by atoms with Crippen LogP contribution < -0.4 is 10.1 Å².